The standard InChI is InChI=1S/C15H20N2O6/c1-21-12-6-4-10(8-13(12)22-2)17-15(20)16-9-11(18)5-7-14(19)23-3/h4,6,8H,5,7,9H2,1-3H3,(H2,16,17,20). The van der Waals surface area contributed by atoms with Crippen molar-refractivity contribution in [3.05, 3.63) is 18.2 Å². The molecule has 0 aliphatic rings. The maximum atomic E-state index is 11.7. The van der Waals surface area contributed by atoms with Crippen LogP contribution >= 0.6 is 0 Å². The van der Waals surface area contributed by atoms with Crippen LogP contribution in [0.15, 0.2) is 18.2 Å². The molecule has 8 heteroatoms. The van der Waals surface area contributed by atoms with Gasteiger partial charge >= 0.3 is 12.0 Å². The number of methoxy groups -OCH3 is 3. The van der Waals surface area contributed by atoms with Crippen molar-refractivity contribution in [2.24, 2.45) is 0 Å². The first-order valence-electron chi connectivity index (χ1n) is 6.85. The quantitative estimate of drug-likeness (QED) is 0.700. The minimum atomic E-state index is -0.538. The molecule has 1 rings (SSSR count). The molecule has 0 aliphatic heterocycles. The average molecular weight is 324 g/mol. The number of carbonyl (C=O) groups is 3. The Labute approximate surface area is 134 Å². The minimum Gasteiger partial charge on any atom is -0.493 e. The maximum absolute atomic E-state index is 11.7. The first-order valence-corrected chi connectivity index (χ1v) is 6.85. The molecule has 0 radical (unpaired) electrons. The van der Waals surface area contributed by atoms with Gasteiger partial charge in [-0.3, -0.25) is 9.59 Å². The molecule has 0 saturated carbocycles. The Morgan fingerprint density at radius 3 is 2.30 bits per heavy atom. The highest BCUT2D eigenvalue weighted by molar-refractivity contribution is 5.93. The highest BCUT2D eigenvalue weighted by atomic mass is 16.5. The zero-order valence-corrected chi connectivity index (χ0v) is 13.3. The Morgan fingerprint density at radius 1 is 1.00 bits per heavy atom. The fraction of sp³-hybridized carbons (Fsp3) is 0.400. The lowest BCUT2D eigenvalue weighted by Gasteiger charge is -2.11. The first kappa shape index (κ1) is 18.3. The van der Waals surface area contributed by atoms with E-state index in [9.17, 15) is 14.4 Å². The summed E-state index contributed by atoms with van der Waals surface area (Å²) >= 11 is 0. The fourth-order valence-corrected chi connectivity index (χ4v) is 1.70. The molecule has 8 nitrogen and oxygen atoms in total. The van der Waals surface area contributed by atoms with E-state index < -0.39 is 12.0 Å². The topological polar surface area (TPSA) is 103 Å². The van der Waals surface area contributed by atoms with Crippen LogP contribution in [0.3, 0.4) is 0 Å². The van der Waals surface area contributed by atoms with Gasteiger partial charge in [0.25, 0.3) is 0 Å². The number of hydrogen-bond donors (Lipinski definition) is 2. The summed E-state index contributed by atoms with van der Waals surface area (Å²) in [4.78, 5) is 34.2. The van der Waals surface area contributed by atoms with Crippen molar-refractivity contribution in [1.29, 1.82) is 0 Å². The normalized spacial score (nSPS) is 9.70. The molecule has 0 unspecified atom stereocenters. The van der Waals surface area contributed by atoms with Gasteiger partial charge < -0.3 is 24.8 Å². The van der Waals surface area contributed by atoms with E-state index >= 15 is 0 Å². The molecule has 0 bridgehead atoms. The lowest BCUT2D eigenvalue weighted by atomic mass is 10.2. The number of amides is 2. The van der Waals surface area contributed by atoms with Gasteiger partial charge in [-0.25, -0.2) is 4.79 Å². The number of nitrogens with one attached hydrogen (secondary N) is 2. The molecule has 0 fully saturated rings. The van der Waals surface area contributed by atoms with Crippen molar-refractivity contribution in [3.8, 4) is 11.5 Å². The number of carbonyl (C=O) groups excluding carboxylic acids is 3. The lowest BCUT2D eigenvalue weighted by Crippen LogP contribution is -2.33. The molecule has 0 atom stereocenters. The number of rotatable bonds is 8. The van der Waals surface area contributed by atoms with Gasteiger partial charge in [-0.2, -0.15) is 0 Å². The zero-order valence-electron chi connectivity index (χ0n) is 13.3. The van der Waals surface area contributed by atoms with Gasteiger partial charge in [-0.1, -0.05) is 0 Å². The van der Waals surface area contributed by atoms with E-state index in [1.165, 1.54) is 21.3 Å². The largest absolute Gasteiger partial charge is 0.493 e. The number of ether oxygens (including phenoxy) is 3. The summed E-state index contributed by atoms with van der Waals surface area (Å²) in [5, 5.41) is 4.98. The number of benzene rings is 1. The number of Topliss-reactive ketones (excluding diaryl/α,β-unsaturated/α-hetero) is 1. The van der Waals surface area contributed by atoms with Crippen molar-refractivity contribution in [3.63, 3.8) is 0 Å². The van der Waals surface area contributed by atoms with Crippen LogP contribution in [0.25, 0.3) is 0 Å². The predicted molar refractivity (Wildman–Crippen MR) is 82.8 cm³/mol. The SMILES string of the molecule is COC(=O)CCC(=O)CNC(=O)Nc1ccc(OC)c(OC)c1. The number of ketones is 1. The van der Waals surface area contributed by atoms with Gasteiger partial charge in [-0.05, 0) is 12.1 Å². The Balaban J connectivity index is 2.45. The van der Waals surface area contributed by atoms with E-state index in [0.29, 0.717) is 17.2 Å². The summed E-state index contributed by atoms with van der Waals surface area (Å²) in [6.45, 7) is -0.171. The summed E-state index contributed by atoms with van der Waals surface area (Å²) in [5.74, 6) is 0.280. The van der Waals surface area contributed by atoms with Crippen molar-refractivity contribution >= 4 is 23.5 Å². The van der Waals surface area contributed by atoms with Crippen LogP contribution in [0.5, 0.6) is 11.5 Å². The monoisotopic (exact) mass is 324 g/mol. The molecule has 0 spiro atoms. The molecule has 1 aromatic carbocycles. The van der Waals surface area contributed by atoms with Crippen LogP contribution < -0.4 is 20.1 Å². The van der Waals surface area contributed by atoms with E-state index in [0.717, 1.165) is 0 Å². The third-order valence-electron chi connectivity index (χ3n) is 2.92. The molecular weight excluding hydrogens is 304 g/mol. The number of anilines is 1. The highest BCUT2D eigenvalue weighted by Crippen LogP contribution is 2.29. The van der Waals surface area contributed by atoms with Gasteiger partial charge in [0.05, 0.1) is 34.3 Å². The van der Waals surface area contributed by atoms with E-state index in [4.69, 9.17) is 9.47 Å². The zero-order chi connectivity index (χ0) is 17.2. The second kappa shape index (κ2) is 9.29. The number of urea groups is 1. The highest BCUT2D eigenvalue weighted by Gasteiger charge is 2.10. The van der Waals surface area contributed by atoms with Gasteiger partial charge in [0.2, 0.25) is 0 Å². The van der Waals surface area contributed by atoms with Crippen LogP contribution in [0.2, 0.25) is 0 Å². The van der Waals surface area contributed by atoms with Crippen LogP contribution in [-0.4, -0.2) is 45.7 Å². The summed E-state index contributed by atoms with van der Waals surface area (Å²) in [6.07, 6.45) is 0.0115. The Morgan fingerprint density at radius 2 is 1.70 bits per heavy atom. The van der Waals surface area contributed by atoms with E-state index in [1.54, 1.807) is 18.2 Å². The Bertz CT molecular complexity index is 573. The van der Waals surface area contributed by atoms with Crippen molar-refractivity contribution < 1.29 is 28.6 Å². The predicted octanol–water partition coefficient (Wildman–Crippen LogP) is 1.35. The second-order valence-electron chi connectivity index (χ2n) is 4.49. The van der Waals surface area contributed by atoms with E-state index in [2.05, 4.69) is 15.4 Å². The van der Waals surface area contributed by atoms with Crippen LogP contribution in [-0.2, 0) is 14.3 Å². The maximum Gasteiger partial charge on any atom is 0.319 e. The summed E-state index contributed by atoms with van der Waals surface area (Å²) in [5.41, 5.74) is 0.488. The molecule has 126 valence electrons. The summed E-state index contributed by atoms with van der Waals surface area (Å²) in [6, 6.07) is 4.34. The fourth-order valence-electron chi connectivity index (χ4n) is 1.70. The molecule has 1 aromatic rings. The van der Waals surface area contributed by atoms with Crippen LogP contribution in [0, 0.1) is 0 Å². The Kier molecular flexibility index (Phi) is 7.38. The summed E-state index contributed by atoms with van der Waals surface area (Å²) < 4.78 is 14.7. The van der Waals surface area contributed by atoms with E-state index in [-0.39, 0.29) is 25.2 Å². The first-order chi connectivity index (χ1) is 11.0. The molecule has 23 heavy (non-hydrogen) atoms. The van der Waals surface area contributed by atoms with Crippen LogP contribution in [0.4, 0.5) is 10.5 Å². The smallest absolute Gasteiger partial charge is 0.319 e. The van der Waals surface area contributed by atoms with Crippen molar-refractivity contribution in [2.75, 3.05) is 33.2 Å². The molecular formula is C15H20N2O6. The molecule has 0 aromatic heterocycles. The third kappa shape index (κ3) is 6.25. The molecule has 0 aliphatic carbocycles. The van der Waals surface area contributed by atoms with Gasteiger partial charge in [0, 0.05) is 18.2 Å². The van der Waals surface area contributed by atoms with E-state index in [1.807, 2.05) is 0 Å². The second-order valence-corrected chi connectivity index (χ2v) is 4.49. The number of esters is 1. The third-order valence-corrected chi connectivity index (χ3v) is 2.92. The van der Waals surface area contributed by atoms with Crippen molar-refractivity contribution in [2.45, 2.75) is 12.8 Å². The van der Waals surface area contributed by atoms with Gasteiger partial charge in [0.1, 0.15) is 0 Å². The average Bonchev–Trinajstić information content (AvgIpc) is 2.57. The number of hydrogen-bond acceptors (Lipinski definition) is 6. The lowest BCUT2D eigenvalue weighted by molar-refractivity contribution is -0.141. The molecule has 0 saturated heterocycles. The molecule has 2 amide bonds. The van der Waals surface area contributed by atoms with Gasteiger partial charge in [-0.15, -0.1) is 0 Å². The van der Waals surface area contributed by atoms with Gasteiger partial charge in [0.15, 0.2) is 17.3 Å². The van der Waals surface area contributed by atoms with Crippen LogP contribution in [0.1, 0.15) is 12.8 Å². The summed E-state index contributed by atoms with van der Waals surface area (Å²) in [7, 11) is 4.25. The Hall–Kier alpha value is -2.77. The van der Waals surface area contributed by atoms with Crippen molar-refractivity contribution in [1.82, 2.24) is 5.32 Å². The minimum absolute atomic E-state index is 0.00564. The molecule has 2 N–H and O–H groups in total. The molecule has 0 heterocycles.